The molecule has 0 aliphatic carbocycles. The number of nitrogens with one attached hydrogen (secondary N) is 2. The number of hydrogen-bond acceptors (Lipinski definition) is 5. The molecule has 2 aromatic rings. The summed E-state index contributed by atoms with van der Waals surface area (Å²) in [6.45, 7) is 1.82. The van der Waals surface area contributed by atoms with Crippen LogP contribution in [-0.2, 0) is 20.0 Å². The molecule has 1 amide bonds. The molecule has 2 atom stereocenters. The van der Waals surface area contributed by atoms with E-state index in [2.05, 4.69) is 10.0 Å². The molecule has 2 fully saturated rings. The van der Waals surface area contributed by atoms with Gasteiger partial charge in [0.1, 0.15) is 0 Å². The van der Waals surface area contributed by atoms with Gasteiger partial charge in [0.2, 0.25) is 10.0 Å². The van der Waals surface area contributed by atoms with Gasteiger partial charge in [-0.3, -0.25) is 9.52 Å². The van der Waals surface area contributed by atoms with Crippen molar-refractivity contribution < 1.29 is 21.6 Å². The van der Waals surface area contributed by atoms with E-state index in [0.717, 1.165) is 18.4 Å². The van der Waals surface area contributed by atoms with Crippen molar-refractivity contribution in [2.24, 2.45) is 0 Å². The summed E-state index contributed by atoms with van der Waals surface area (Å²) >= 11 is 0. The van der Waals surface area contributed by atoms with E-state index in [1.54, 1.807) is 40.7 Å². The van der Waals surface area contributed by atoms with Gasteiger partial charge < -0.3 is 5.32 Å². The Labute approximate surface area is 189 Å². The van der Waals surface area contributed by atoms with Gasteiger partial charge >= 0.3 is 0 Å². The molecule has 0 radical (unpaired) electrons. The first kappa shape index (κ1) is 22.8. The lowest BCUT2D eigenvalue weighted by Gasteiger charge is -2.37. The number of aryl methyl sites for hydroxylation is 1. The highest BCUT2D eigenvalue weighted by atomic mass is 32.2. The zero-order chi connectivity index (χ0) is 23.1. The number of carbonyl (C=O) groups is 1. The van der Waals surface area contributed by atoms with Crippen molar-refractivity contribution in [2.45, 2.75) is 55.6 Å². The van der Waals surface area contributed by atoms with Gasteiger partial charge in [0.15, 0.2) is 0 Å². The molecule has 0 saturated carbocycles. The van der Waals surface area contributed by atoms with Crippen LogP contribution in [0.5, 0.6) is 0 Å². The Morgan fingerprint density at radius 2 is 1.59 bits per heavy atom. The molecule has 2 heterocycles. The van der Waals surface area contributed by atoms with Gasteiger partial charge in [-0.25, -0.2) is 16.8 Å². The summed E-state index contributed by atoms with van der Waals surface area (Å²) in [5, 5.41) is 3.01. The molecule has 8 nitrogen and oxygen atoms in total. The minimum Gasteiger partial charge on any atom is -0.349 e. The van der Waals surface area contributed by atoms with E-state index < -0.39 is 20.0 Å². The zero-order valence-electron chi connectivity index (χ0n) is 18.0. The van der Waals surface area contributed by atoms with E-state index in [4.69, 9.17) is 0 Å². The highest BCUT2D eigenvalue weighted by molar-refractivity contribution is 7.92. The maximum atomic E-state index is 12.7. The molecule has 2 unspecified atom stereocenters. The van der Waals surface area contributed by atoms with Gasteiger partial charge in [0.25, 0.3) is 15.9 Å². The lowest BCUT2D eigenvalue weighted by atomic mass is 9.99. The fourth-order valence-corrected chi connectivity index (χ4v) is 7.38. The van der Waals surface area contributed by atoms with E-state index >= 15 is 0 Å². The number of sulfonamides is 2. The number of fused-ring (bicyclic) bond motifs is 2. The zero-order valence-corrected chi connectivity index (χ0v) is 19.6. The summed E-state index contributed by atoms with van der Waals surface area (Å²) in [5.74, 6) is -0.254. The molecule has 172 valence electrons. The van der Waals surface area contributed by atoms with Crippen LogP contribution >= 0.6 is 0 Å². The van der Waals surface area contributed by atoms with E-state index in [1.165, 1.54) is 12.3 Å². The summed E-state index contributed by atoms with van der Waals surface area (Å²) < 4.78 is 53.3. The monoisotopic (exact) mass is 477 g/mol. The average molecular weight is 478 g/mol. The third-order valence-corrected chi connectivity index (χ3v) is 8.82. The summed E-state index contributed by atoms with van der Waals surface area (Å²) in [7, 11) is -6.96. The van der Waals surface area contributed by atoms with Crippen LogP contribution in [0.15, 0.2) is 53.4 Å². The minimum absolute atomic E-state index is 0.0625. The van der Waals surface area contributed by atoms with Crippen molar-refractivity contribution in [3.63, 3.8) is 0 Å². The fraction of sp³-hybridized carbons (Fsp3) is 0.409. The quantitative estimate of drug-likeness (QED) is 0.664. The molecule has 4 rings (SSSR count). The predicted octanol–water partition coefficient (Wildman–Crippen LogP) is 2.48. The largest absolute Gasteiger partial charge is 0.349 e. The first-order valence-corrected chi connectivity index (χ1v) is 13.8. The van der Waals surface area contributed by atoms with Gasteiger partial charge in [-0.05, 0) is 74.6 Å². The fourth-order valence-electron chi connectivity index (χ4n) is 4.75. The number of piperidine rings is 1. The van der Waals surface area contributed by atoms with Crippen molar-refractivity contribution in [1.82, 2.24) is 9.62 Å². The van der Waals surface area contributed by atoms with Crippen LogP contribution in [0.2, 0.25) is 0 Å². The molecule has 2 N–H and O–H groups in total. The van der Waals surface area contributed by atoms with Crippen molar-refractivity contribution in [1.29, 1.82) is 0 Å². The molecule has 2 saturated heterocycles. The molecule has 2 bridgehead atoms. The molecule has 32 heavy (non-hydrogen) atoms. The topological polar surface area (TPSA) is 113 Å². The third kappa shape index (κ3) is 4.82. The highest BCUT2D eigenvalue weighted by Crippen LogP contribution is 2.37. The normalized spacial score (nSPS) is 23.6. The lowest BCUT2D eigenvalue weighted by Crippen LogP contribution is -2.52. The van der Waals surface area contributed by atoms with Crippen LogP contribution in [0.1, 0.15) is 41.6 Å². The second-order valence-electron chi connectivity index (χ2n) is 8.62. The van der Waals surface area contributed by atoms with Gasteiger partial charge in [0, 0.05) is 29.4 Å². The Bertz CT molecular complexity index is 1210. The molecule has 0 spiro atoms. The van der Waals surface area contributed by atoms with Gasteiger partial charge in [0.05, 0.1) is 11.2 Å². The number of benzene rings is 2. The van der Waals surface area contributed by atoms with Crippen LogP contribution in [-0.4, -0.2) is 51.4 Å². The molecule has 2 aliphatic heterocycles. The first-order chi connectivity index (χ1) is 15.0. The number of rotatable bonds is 6. The second kappa shape index (κ2) is 8.49. The standard InChI is InChI=1S/C22H27N3O5S2/c1-15-4-3-5-21(12-15)32(29,30)24-17-8-6-16(7-9-17)22(26)23-18-13-19-10-11-20(14-18)25(19)31(2,27)28/h3-9,12,18-20,24H,10-11,13-14H2,1-2H3,(H,23,26). The summed E-state index contributed by atoms with van der Waals surface area (Å²) in [4.78, 5) is 12.9. The van der Waals surface area contributed by atoms with Crippen molar-refractivity contribution >= 4 is 31.6 Å². The Balaban J connectivity index is 1.39. The molecule has 0 aromatic heterocycles. The van der Waals surface area contributed by atoms with Crippen molar-refractivity contribution in [2.75, 3.05) is 11.0 Å². The SMILES string of the molecule is Cc1cccc(S(=O)(=O)Nc2ccc(C(=O)NC3CC4CCC(C3)N4S(C)(=O)=O)cc2)c1. The Morgan fingerprint density at radius 1 is 0.969 bits per heavy atom. The van der Waals surface area contributed by atoms with Crippen LogP contribution in [0, 0.1) is 6.92 Å². The smallest absolute Gasteiger partial charge is 0.261 e. The van der Waals surface area contributed by atoms with Gasteiger partial charge in [-0.2, -0.15) is 4.31 Å². The highest BCUT2D eigenvalue weighted by Gasteiger charge is 2.45. The number of anilines is 1. The average Bonchev–Trinajstić information content (AvgIpc) is 3.00. The molecule has 10 heteroatoms. The number of nitrogens with zero attached hydrogens (tertiary/aromatic N) is 1. The summed E-state index contributed by atoms with van der Waals surface area (Å²) in [6, 6.07) is 12.7. The maximum absolute atomic E-state index is 12.7. The van der Waals surface area contributed by atoms with E-state index in [9.17, 15) is 21.6 Å². The third-order valence-electron chi connectivity index (χ3n) is 6.08. The minimum atomic E-state index is -3.72. The van der Waals surface area contributed by atoms with E-state index in [1.807, 2.05) is 13.0 Å². The van der Waals surface area contributed by atoms with Gasteiger partial charge in [-0.1, -0.05) is 12.1 Å². The summed E-state index contributed by atoms with van der Waals surface area (Å²) in [6.07, 6.45) is 4.08. The van der Waals surface area contributed by atoms with Crippen LogP contribution in [0.25, 0.3) is 0 Å². The van der Waals surface area contributed by atoms with Gasteiger partial charge in [-0.15, -0.1) is 0 Å². The second-order valence-corrected chi connectivity index (χ2v) is 12.2. The first-order valence-electron chi connectivity index (χ1n) is 10.5. The Morgan fingerprint density at radius 3 is 2.16 bits per heavy atom. The van der Waals surface area contributed by atoms with Crippen LogP contribution < -0.4 is 10.0 Å². The summed E-state index contributed by atoms with van der Waals surface area (Å²) in [5.41, 5.74) is 1.62. The van der Waals surface area contributed by atoms with Crippen molar-refractivity contribution in [3.8, 4) is 0 Å². The Kier molecular flexibility index (Phi) is 6.04. The maximum Gasteiger partial charge on any atom is 0.261 e. The molecule has 2 aromatic carbocycles. The van der Waals surface area contributed by atoms with Crippen LogP contribution in [0.4, 0.5) is 5.69 Å². The molecular formula is C22H27N3O5S2. The van der Waals surface area contributed by atoms with E-state index in [-0.39, 0.29) is 28.9 Å². The van der Waals surface area contributed by atoms with Crippen molar-refractivity contribution in [3.05, 3.63) is 59.7 Å². The molecular weight excluding hydrogens is 450 g/mol. The number of carbonyl (C=O) groups excluding carboxylic acids is 1. The van der Waals surface area contributed by atoms with E-state index in [0.29, 0.717) is 24.1 Å². The van der Waals surface area contributed by atoms with Crippen LogP contribution in [0.3, 0.4) is 0 Å². The lowest BCUT2D eigenvalue weighted by molar-refractivity contribution is 0.0909. The number of hydrogen-bond donors (Lipinski definition) is 2. The number of amides is 1. The predicted molar refractivity (Wildman–Crippen MR) is 122 cm³/mol. The molecule has 2 aliphatic rings. The Hall–Kier alpha value is -2.43.